The summed E-state index contributed by atoms with van der Waals surface area (Å²) in [5.74, 6) is 1.52. The molecule has 124 valence electrons. The summed E-state index contributed by atoms with van der Waals surface area (Å²) in [6.07, 6.45) is 8.44. The third kappa shape index (κ3) is 3.82. The summed E-state index contributed by atoms with van der Waals surface area (Å²) in [6.45, 7) is 4.59. The summed E-state index contributed by atoms with van der Waals surface area (Å²) in [5, 5.41) is 13.0. The highest BCUT2D eigenvalue weighted by Crippen LogP contribution is 2.26. The molecular weight excluding hydrogens is 286 g/mol. The summed E-state index contributed by atoms with van der Waals surface area (Å²) in [7, 11) is 0. The number of rotatable bonds is 5. The van der Waals surface area contributed by atoms with E-state index in [2.05, 4.69) is 46.1 Å². The fraction of sp³-hybridized carbons (Fsp3) is 0.526. The predicted molar refractivity (Wildman–Crippen MR) is 92.7 cm³/mol. The number of aliphatic hydroxyl groups excluding tert-OH is 1. The van der Waals surface area contributed by atoms with Gasteiger partial charge in [-0.15, -0.1) is 0 Å². The first kappa shape index (κ1) is 16.2. The molecule has 1 aliphatic rings. The van der Waals surface area contributed by atoms with Gasteiger partial charge in [-0.3, -0.25) is 0 Å². The van der Waals surface area contributed by atoms with Gasteiger partial charge < -0.3 is 15.0 Å². The van der Waals surface area contributed by atoms with Crippen LogP contribution in [0.2, 0.25) is 0 Å². The molecule has 4 nitrogen and oxygen atoms in total. The minimum Gasteiger partial charge on any atom is -0.396 e. The van der Waals surface area contributed by atoms with E-state index in [1.807, 2.05) is 19.3 Å². The Morgan fingerprint density at radius 1 is 1.22 bits per heavy atom. The van der Waals surface area contributed by atoms with Gasteiger partial charge in [0.2, 0.25) is 0 Å². The molecule has 1 saturated carbocycles. The number of aromatic nitrogens is 2. The van der Waals surface area contributed by atoms with Crippen molar-refractivity contribution >= 4 is 0 Å². The van der Waals surface area contributed by atoms with Crippen LogP contribution in [0.15, 0.2) is 36.7 Å². The van der Waals surface area contributed by atoms with Crippen LogP contribution >= 0.6 is 0 Å². The van der Waals surface area contributed by atoms with Gasteiger partial charge >= 0.3 is 0 Å². The molecule has 2 aromatic rings. The lowest BCUT2D eigenvalue weighted by Gasteiger charge is -2.30. The van der Waals surface area contributed by atoms with Gasteiger partial charge in [0.25, 0.3) is 0 Å². The number of nitrogens with zero attached hydrogens (tertiary/aromatic N) is 2. The lowest BCUT2D eigenvalue weighted by Crippen LogP contribution is -2.35. The van der Waals surface area contributed by atoms with Gasteiger partial charge in [0, 0.05) is 36.8 Å². The number of hydrogen-bond acceptors (Lipinski definition) is 3. The first-order valence-corrected chi connectivity index (χ1v) is 8.64. The van der Waals surface area contributed by atoms with Crippen LogP contribution in [-0.4, -0.2) is 27.3 Å². The minimum absolute atomic E-state index is 0.345. The van der Waals surface area contributed by atoms with Gasteiger partial charge in [0.1, 0.15) is 5.82 Å². The van der Waals surface area contributed by atoms with Crippen molar-refractivity contribution in [1.29, 1.82) is 0 Å². The SMILES string of the molecule is Cc1nccn1-c1ccc(C(C)NC2CCC(CO)CC2)cc1. The monoisotopic (exact) mass is 313 g/mol. The molecule has 0 bridgehead atoms. The zero-order valence-corrected chi connectivity index (χ0v) is 14.1. The molecule has 1 unspecified atom stereocenters. The highest BCUT2D eigenvalue weighted by atomic mass is 16.3. The maximum absolute atomic E-state index is 9.23. The molecule has 1 aliphatic carbocycles. The second kappa shape index (κ2) is 7.28. The van der Waals surface area contributed by atoms with E-state index >= 15 is 0 Å². The van der Waals surface area contributed by atoms with Crippen LogP contribution in [0.1, 0.15) is 50.0 Å². The highest BCUT2D eigenvalue weighted by Gasteiger charge is 2.21. The Hall–Kier alpha value is -1.65. The Morgan fingerprint density at radius 3 is 2.48 bits per heavy atom. The molecule has 2 N–H and O–H groups in total. The quantitative estimate of drug-likeness (QED) is 0.889. The van der Waals surface area contributed by atoms with Crippen LogP contribution in [-0.2, 0) is 0 Å². The van der Waals surface area contributed by atoms with Crippen molar-refractivity contribution in [2.45, 2.75) is 51.6 Å². The Bertz CT molecular complexity index is 612. The van der Waals surface area contributed by atoms with Crippen molar-refractivity contribution in [3.8, 4) is 5.69 Å². The average Bonchev–Trinajstić information content (AvgIpc) is 3.02. The molecule has 1 atom stereocenters. The zero-order chi connectivity index (χ0) is 16.2. The van der Waals surface area contributed by atoms with Crippen molar-refractivity contribution in [1.82, 2.24) is 14.9 Å². The molecule has 1 fully saturated rings. The first-order valence-electron chi connectivity index (χ1n) is 8.64. The van der Waals surface area contributed by atoms with Gasteiger partial charge in [-0.2, -0.15) is 0 Å². The van der Waals surface area contributed by atoms with Gasteiger partial charge in [-0.1, -0.05) is 12.1 Å². The van der Waals surface area contributed by atoms with Crippen LogP contribution in [0.25, 0.3) is 5.69 Å². The number of nitrogens with one attached hydrogen (secondary N) is 1. The number of benzene rings is 1. The molecule has 3 rings (SSSR count). The molecule has 1 aromatic heterocycles. The number of aliphatic hydroxyl groups is 1. The lowest BCUT2D eigenvalue weighted by molar-refractivity contribution is 0.172. The Morgan fingerprint density at radius 2 is 1.91 bits per heavy atom. The molecule has 0 radical (unpaired) electrons. The first-order chi connectivity index (χ1) is 11.2. The van der Waals surface area contributed by atoms with Crippen LogP contribution in [0, 0.1) is 12.8 Å². The summed E-state index contributed by atoms with van der Waals surface area (Å²) in [6, 6.07) is 9.64. The van der Waals surface area contributed by atoms with Crippen LogP contribution in [0.4, 0.5) is 0 Å². The molecule has 0 saturated heterocycles. The zero-order valence-electron chi connectivity index (χ0n) is 14.1. The number of aryl methyl sites for hydroxylation is 1. The van der Waals surface area contributed by atoms with E-state index in [0.29, 0.717) is 24.6 Å². The van der Waals surface area contributed by atoms with Crippen molar-refractivity contribution in [3.63, 3.8) is 0 Å². The molecule has 0 amide bonds. The van der Waals surface area contributed by atoms with Gasteiger partial charge in [-0.25, -0.2) is 4.98 Å². The summed E-state index contributed by atoms with van der Waals surface area (Å²) < 4.78 is 2.10. The van der Waals surface area contributed by atoms with Crippen LogP contribution < -0.4 is 5.32 Å². The largest absolute Gasteiger partial charge is 0.396 e. The minimum atomic E-state index is 0.345. The smallest absolute Gasteiger partial charge is 0.110 e. The van der Waals surface area contributed by atoms with E-state index in [9.17, 15) is 5.11 Å². The summed E-state index contributed by atoms with van der Waals surface area (Å²) >= 11 is 0. The van der Waals surface area contributed by atoms with Crippen LogP contribution in [0.5, 0.6) is 0 Å². The van der Waals surface area contributed by atoms with Crippen molar-refractivity contribution in [2.24, 2.45) is 5.92 Å². The predicted octanol–water partition coefficient (Wildman–Crippen LogP) is 3.38. The van der Waals surface area contributed by atoms with E-state index < -0.39 is 0 Å². The molecule has 1 aromatic carbocycles. The van der Waals surface area contributed by atoms with Gasteiger partial charge in [0.15, 0.2) is 0 Å². The van der Waals surface area contributed by atoms with E-state index in [1.165, 1.54) is 18.4 Å². The summed E-state index contributed by atoms with van der Waals surface area (Å²) in [5.41, 5.74) is 2.47. The lowest BCUT2D eigenvalue weighted by atomic mass is 9.86. The Kier molecular flexibility index (Phi) is 5.13. The fourth-order valence-corrected chi connectivity index (χ4v) is 3.54. The Balaban J connectivity index is 1.60. The molecule has 4 heteroatoms. The second-order valence-electron chi connectivity index (χ2n) is 6.72. The third-order valence-electron chi connectivity index (χ3n) is 5.09. The fourth-order valence-electron chi connectivity index (χ4n) is 3.54. The normalized spacial score (nSPS) is 22.9. The average molecular weight is 313 g/mol. The molecule has 1 heterocycles. The van der Waals surface area contributed by atoms with Crippen molar-refractivity contribution in [2.75, 3.05) is 6.61 Å². The topological polar surface area (TPSA) is 50.1 Å². The highest BCUT2D eigenvalue weighted by molar-refractivity contribution is 5.36. The summed E-state index contributed by atoms with van der Waals surface area (Å²) in [4.78, 5) is 4.27. The Labute approximate surface area is 138 Å². The molecular formula is C19H27N3O. The van der Waals surface area contributed by atoms with Crippen molar-refractivity contribution < 1.29 is 5.11 Å². The van der Waals surface area contributed by atoms with Gasteiger partial charge in [0.05, 0.1) is 0 Å². The maximum atomic E-state index is 9.23. The molecule has 0 spiro atoms. The third-order valence-corrected chi connectivity index (χ3v) is 5.09. The standard InChI is InChI=1S/C19H27N3O/c1-14(21-18-7-3-16(13-23)4-8-18)17-5-9-19(10-6-17)22-12-11-20-15(22)2/h5-6,9-12,14,16,18,21,23H,3-4,7-8,13H2,1-2H3. The second-order valence-corrected chi connectivity index (χ2v) is 6.72. The molecule has 0 aliphatic heterocycles. The maximum Gasteiger partial charge on any atom is 0.110 e. The van der Waals surface area contributed by atoms with Crippen LogP contribution in [0.3, 0.4) is 0 Å². The van der Waals surface area contributed by atoms with E-state index in [0.717, 1.165) is 24.4 Å². The van der Waals surface area contributed by atoms with Crippen molar-refractivity contribution in [3.05, 3.63) is 48.0 Å². The number of hydrogen-bond donors (Lipinski definition) is 2. The van der Waals surface area contributed by atoms with E-state index in [4.69, 9.17) is 0 Å². The van der Waals surface area contributed by atoms with E-state index in [1.54, 1.807) is 0 Å². The van der Waals surface area contributed by atoms with Gasteiger partial charge in [-0.05, 0) is 63.1 Å². The molecule has 23 heavy (non-hydrogen) atoms. The number of imidazole rings is 1. The van der Waals surface area contributed by atoms with E-state index in [-0.39, 0.29) is 0 Å².